The molecule has 0 aromatic carbocycles. The Kier molecular flexibility index (Phi) is 2.89. The second kappa shape index (κ2) is 3.74. The van der Waals surface area contributed by atoms with Crippen LogP contribution in [0.3, 0.4) is 0 Å². The molecule has 1 aromatic rings. The highest BCUT2D eigenvalue weighted by molar-refractivity contribution is 6.29. The first-order chi connectivity index (χ1) is 5.65. The van der Waals surface area contributed by atoms with Gasteiger partial charge in [0.05, 0.1) is 0 Å². The molecule has 1 aromatic heterocycles. The molecule has 0 fully saturated rings. The number of pyridine rings is 1. The van der Waals surface area contributed by atoms with Crippen molar-refractivity contribution in [3.63, 3.8) is 0 Å². The number of halogens is 1. The van der Waals surface area contributed by atoms with Gasteiger partial charge in [-0.15, -0.1) is 0 Å². The normalized spacial score (nSPS) is 10.0. The number of anilines is 1. The van der Waals surface area contributed by atoms with Gasteiger partial charge in [0.25, 0.3) is 0 Å². The number of aromatic nitrogens is 1. The van der Waals surface area contributed by atoms with Crippen molar-refractivity contribution in [1.29, 1.82) is 0 Å². The maximum Gasteiger partial charge on any atom is 0.131 e. The van der Waals surface area contributed by atoms with E-state index in [1.165, 1.54) is 0 Å². The third kappa shape index (κ3) is 1.87. The van der Waals surface area contributed by atoms with Crippen LogP contribution in [0.4, 0.5) is 5.69 Å². The van der Waals surface area contributed by atoms with Crippen LogP contribution in [-0.4, -0.2) is 19.1 Å². The molecule has 1 heterocycles. The molecule has 12 heavy (non-hydrogen) atoms. The Morgan fingerprint density at radius 2 is 2.25 bits per heavy atom. The van der Waals surface area contributed by atoms with Gasteiger partial charge in [0.15, 0.2) is 0 Å². The predicted octanol–water partition coefficient (Wildman–Crippen LogP) is 1.26. The van der Waals surface area contributed by atoms with Crippen molar-refractivity contribution in [1.82, 2.24) is 4.98 Å². The molecule has 0 amide bonds. The summed E-state index contributed by atoms with van der Waals surface area (Å²) in [5, 5.41) is 0.496. The van der Waals surface area contributed by atoms with Crippen molar-refractivity contribution >= 4 is 17.3 Å². The van der Waals surface area contributed by atoms with Crippen LogP contribution in [0.25, 0.3) is 0 Å². The van der Waals surface area contributed by atoms with Crippen molar-refractivity contribution in [3.8, 4) is 0 Å². The van der Waals surface area contributed by atoms with E-state index < -0.39 is 0 Å². The lowest BCUT2D eigenvalue weighted by Gasteiger charge is -2.16. The number of nitrogens with zero attached hydrogens (tertiary/aromatic N) is 2. The largest absolute Gasteiger partial charge is 0.377 e. The molecule has 0 bridgehead atoms. The molecule has 0 aliphatic heterocycles. The highest BCUT2D eigenvalue weighted by atomic mass is 35.5. The lowest BCUT2D eigenvalue weighted by atomic mass is 10.2. The first kappa shape index (κ1) is 9.29. The van der Waals surface area contributed by atoms with E-state index in [9.17, 15) is 0 Å². The van der Waals surface area contributed by atoms with Gasteiger partial charge >= 0.3 is 0 Å². The minimum absolute atomic E-state index is 0.484. The molecule has 0 radical (unpaired) electrons. The SMILES string of the molecule is CN(C)c1cc(Cl)ncc1CN. The Hall–Kier alpha value is -0.800. The second-order valence-corrected chi connectivity index (χ2v) is 3.12. The van der Waals surface area contributed by atoms with Crippen LogP contribution >= 0.6 is 11.6 Å². The van der Waals surface area contributed by atoms with E-state index in [4.69, 9.17) is 17.3 Å². The summed E-state index contributed by atoms with van der Waals surface area (Å²) in [4.78, 5) is 5.92. The number of nitrogens with two attached hydrogens (primary N) is 1. The highest BCUT2D eigenvalue weighted by Crippen LogP contribution is 2.20. The monoisotopic (exact) mass is 185 g/mol. The molecule has 2 N–H and O–H groups in total. The van der Waals surface area contributed by atoms with Crippen LogP contribution in [0.2, 0.25) is 5.15 Å². The van der Waals surface area contributed by atoms with Gasteiger partial charge in [0, 0.05) is 38.1 Å². The van der Waals surface area contributed by atoms with Crippen molar-refractivity contribution in [2.75, 3.05) is 19.0 Å². The minimum Gasteiger partial charge on any atom is -0.377 e. The maximum atomic E-state index is 5.74. The molecular weight excluding hydrogens is 174 g/mol. The summed E-state index contributed by atoms with van der Waals surface area (Å²) in [6.07, 6.45) is 1.71. The zero-order chi connectivity index (χ0) is 9.14. The Balaban J connectivity index is 3.12. The van der Waals surface area contributed by atoms with Crippen LogP contribution < -0.4 is 10.6 Å². The van der Waals surface area contributed by atoms with Gasteiger partial charge in [-0.2, -0.15) is 0 Å². The standard InChI is InChI=1S/C8H12ClN3/c1-12(2)7-3-8(9)11-5-6(7)4-10/h3,5H,4,10H2,1-2H3. The molecular formula is C8H12ClN3. The van der Waals surface area contributed by atoms with Gasteiger partial charge in [0.1, 0.15) is 5.15 Å². The molecule has 66 valence electrons. The summed E-state index contributed by atoms with van der Waals surface area (Å²) in [5.41, 5.74) is 7.56. The summed E-state index contributed by atoms with van der Waals surface area (Å²) in [6.45, 7) is 0.484. The van der Waals surface area contributed by atoms with Crippen LogP contribution in [0, 0.1) is 0 Å². The van der Waals surface area contributed by atoms with Gasteiger partial charge in [-0.1, -0.05) is 11.6 Å². The van der Waals surface area contributed by atoms with E-state index in [-0.39, 0.29) is 0 Å². The van der Waals surface area contributed by atoms with E-state index in [1.807, 2.05) is 25.1 Å². The Labute approximate surface area is 77.1 Å². The molecule has 1 rings (SSSR count). The van der Waals surface area contributed by atoms with Crippen LogP contribution in [-0.2, 0) is 6.54 Å². The summed E-state index contributed by atoms with van der Waals surface area (Å²) >= 11 is 5.74. The molecule has 0 spiro atoms. The lowest BCUT2D eigenvalue weighted by Crippen LogP contribution is -2.13. The maximum absolute atomic E-state index is 5.74. The molecule has 0 aliphatic carbocycles. The first-order valence-corrected chi connectivity index (χ1v) is 4.04. The third-order valence-electron chi connectivity index (χ3n) is 1.63. The molecule has 0 unspecified atom stereocenters. The quantitative estimate of drug-likeness (QED) is 0.706. The van der Waals surface area contributed by atoms with Gasteiger partial charge in [-0.05, 0) is 6.07 Å². The smallest absolute Gasteiger partial charge is 0.131 e. The fourth-order valence-electron chi connectivity index (χ4n) is 1.02. The topological polar surface area (TPSA) is 42.2 Å². The summed E-state index contributed by atoms with van der Waals surface area (Å²) < 4.78 is 0. The average molecular weight is 186 g/mol. The van der Waals surface area contributed by atoms with Crippen LogP contribution in [0.1, 0.15) is 5.56 Å². The minimum atomic E-state index is 0.484. The van der Waals surface area contributed by atoms with E-state index in [1.54, 1.807) is 6.20 Å². The molecule has 0 saturated carbocycles. The van der Waals surface area contributed by atoms with Crippen LogP contribution in [0.5, 0.6) is 0 Å². The van der Waals surface area contributed by atoms with Crippen molar-refractivity contribution in [2.24, 2.45) is 5.73 Å². The van der Waals surface area contributed by atoms with E-state index >= 15 is 0 Å². The summed E-state index contributed by atoms with van der Waals surface area (Å²) in [7, 11) is 3.90. The molecule has 3 nitrogen and oxygen atoms in total. The summed E-state index contributed by atoms with van der Waals surface area (Å²) in [5.74, 6) is 0. The van der Waals surface area contributed by atoms with Crippen molar-refractivity contribution in [3.05, 3.63) is 23.0 Å². The molecule has 0 atom stereocenters. The third-order valence-corrected chi connectivity index (χ3v) is 1.84. The van der Waals surface area contributed by atoms with Gasteiger partial charge in [0.2, 0.25) is 0 Å². The first-order valence-electron chi connectivity index (χ1n) is 3.67. The molecule has 0 aliphatic rings. The van der Waals surface area contributed by atoms with Crippen molar-refractivity contribution in [2.45, 2.75) is 6.54 Å². The zero-order valence-corrected chi connectivity index (χ0v) is 7.97. The number of rotatable bonds is 2. The average Bonchev–Trinajstić information content (AvgIpc) is 2.04. The molecule has 0 saturated heterocycles. The summed E-state index contributed by atoms with van der Waals surface area (Å²) in [6, 6.07) is 1.81. The van der Waals surface area contributed by atoms with E-state index in [2.05, 4.69) is 4.98 Å². The number of hydrogen-bond donors (Lipinski definition) is 1. The zero-order valence-electron chi connectivity index (χ0n) is 7.21. The Morgan fingerprint density at radius 3 is 2.75 bits per heavy atom. The predicted molar refractivity (Wildman–Crippen MR) is 51.5 cm³/mol. The number of hydrogen-bond acceptors (Lipinski definition) is 3. The lowest BCUT2D eigenvalue weighted by molar-refractivity contribution is 1.01. The van der Waals surface area contributed by atoms with Gasteiger partial charge in [-0.3, -0.25) is 0 Å². The van der Waals surface area contributed by atoms with Gasteiger partial charge < -0.3 is 10.6 Å². The highest BCUT2D eigenvalue weighted by Gasteiger charge is 2.03. The fraction of sp³-hybridized carbons (Fsp3) is 0.375. The van der Waals surface area contributed by atoms with E-state index in [0.29, 0.717) is 11.7 Å². The van der Waals surface area contributed by atoms with Gasteiger partial charge in [-0.25, -0.2) is 4.98 Å². The van der Waals surface area contributed by atoms with E-state index in [0.717, 1.165) is 11.3 Å². The van der Waals surface area contributed by atoms with Crippen LogP contribution in [0.15, 0.2) is 12.3 Å². The van der Waals surface area contributed by atoms with Crippen molar-refractivity contribution < 1.29 is 0 Å². The fourth-order valence-corrected chi connectivity index (χ4v) is 1.17. The Morgan fingerprint density at radius 1 is 1.58 bits per heavy atom. The molecule has 4 heteroatoms. The Bertz CT molecular complexity index is 273. The second-order valence-electron chi connectivity index (χ2n) is 2.73.